The summed E-state index contributed by atoms with van der Waals surface area (Å²) in [5.41, 5.74) is -0.974. The van der Waals surface area contributed by atoms with Crippen molar-refractivity contribution in [2.45, 2.75) is 24.1 Å². The van der Waals surface area contributed by atoms with Crippen LogP contribution >= 0.6 is 0 Å². The fraction of sp³-hybridized carbons (Fsp3) is 0.316. The fourth-order valence-electron chi connectivity index (χ4n) is 2.98. The lowest BCUT2D eigenvalue weighted by Gasteiger charge is -2.31. The number of nitrogens with zero attached hydrogens (tertiary/aromatic N) is 1. The molecule has 1 atom stereocenters. The zero-order chi connectivity index (χ0) is 21.2. The van der Waals surface area contributed by atoms with Crippen LogP contribution in [-0.2, 0) is 20.9 Å². The van der Waals surface area contributed by atoms with E-state index in [1.54, 1.807) is 11.0 Å². The number of hydrogen-bond acceptors (Lipinski definition) is 4. The highest BCUT2D eigenvalue weighted by atomic mass is 32.2. The van der Waals surface area contributed by atoms with Gasteiger partial charge >= 0.3 is 6.18 Å². The van der Waals surface area contributed by atoms with E-state index < -0.39 is 26.7 Å². The van der Waals surface area contributed by atoms with Crippen molar-refractivity contribution in [3.05, 3.63) is 59.7 Å². The number of alkyl halides is 3. The molecule has 0 radical (unpaired) electrons. The summed E-state index contributed by atoms with van der Waals surface area (Å²) in [5, 5.41) is 0. The highest BCUT2D eigenvalue weighted by Gasteiger charge is 2.32. The van der Waals surface area contributed by atoms with E-state index in [1.165, 1.54) is 18.2 Å². The molecule has 1 saturated heterocycles. The summed E-state index contributed by atoms with van der Waals surface area (Å²) < 4.78 is 71.7. The van der Waals surface area contributed by atoms with E-state index in [2.05, 4.69) is 4.72 Å². The van der Waals surface area contributed by atoms with E-state index in [-0.39, 0.29) is 23.3 Å². The molecular weight excluding hydrogens is 409 g/mol. The number of nitrogens with one attached hydrogen (secondary N) is 1. The first-order valence-corrected chi connectivity index (χ1v) is 10.3. The van der Waals surface area contributed by atoms with E-state index in [9.17, 15) is 26.4 Å². The summed E-state index contributed by atoms with van der Waals surface area (Å²) >= 11 is 0. The predicted octanol–water partition coefficient (Wildman–Crippen LogP) is 3.37. The number of benzene rings is 2. The first-order chi connectivity index (χ1) is 13.6. The minimum Gasteiger partial charge on any atom is -0.375 e. The van der Waals surface area contributed by atoms with Crippen molar-refractivity contribution < 1.29 is 31.1 Å². The fourth-order valence-corrected chi connectivity index (χ4v) is 4.10. The molecule has 1 N–H and O–H groups in total. The summed E-state index contributed by atoms with van der Waals surface area (Å²) in [6.07, 6.45) is -4.83. The average molecular weight is 428 g/mol. The normalized spacial score (nSPS) is 17.8. The lowest BCUT2D eigenvalue weighted by molar-refractivity contribution is -0.137. The van der Waals surface area contributed by atoms with Gasteiger partial charge in [-0.15, -0.1) is 0 Å². The van der Waals surface area contributed by atoms with Crippen LogP contribution in [0.5, 0.6) is 0 Å². The molecular formula is C19H19F3N2O4S. The van der Waals surface area contributed by atoms with Crippen molar-refractivity contribution in [1.82, 2.24) is 4.90 Å². The Hall–Kier alpha value is -2.59. The quantitative estimate of drug-likeness (QED) is 0.810. The minimum absolute atomic E-state index is 0.00550. The number of hydrogen-bond donors (Lipinski definition) is 1. The number of morpholine rings is 1. The van der Waals surface area contributed by atoms with Crippen molar-refractivity contribution in [2.24, 2.45) is 0 Å². The summed E-state index contributed by atoms with van der Waals surface area (Å²) in [5.74, 6) is -0.387. The zero-order valence-corrected chi connectivity index (χ0v) is 16.3. The van der Waals surface area contributed by atoms with E-state index >= 15 is 0 Å². The van der Waals surface area contributed by atoms with Gasteiger partial charge in [0.15, 0.2) is 0 Å². The third-order valence-corrected chi connectivity index (χ3v) is 5.76. The maximum absolute atomic E-state index is 12.9. The van der Waals surface area contributed by atoms with Crippen LogP contribution in [0.2, 0.25) is 0 Å². The number of amides is 1. The second-order valence-corrected chi connectivity index (χ2v) is 8.29. The third-order valence-electron chi connectivity index (χ3n) is 4.40. The predicted molar refractivity (Wildman–Crippen MR) is 100 cm³/mol. The van der Waals surface area contributed by atoms with Crippen LogP contribution < -0.4 is 4.72 Å². The molecule has 0 aliphatic carbocycles. The summed E-state index contributed by atoms with van der Waals surface area (Å²) in [6.45, 7) is 2.90. The van der Waals surface area contributed by atoms with Gasteiger partial charge in [-0.2, -0.15) is 13.2 Å². The molecule has 6 nitrogen and oxygen atoms in total. The molecule has 1 aliphatic rings. The monoisotopic (exact) mass is 428 g/mol. The minimum atomic E-state index is -4.67. The van der Waals surface area contributed by atoms with Gasteiger partial charge in [0.25, 0.3) is 15.9 Å². The molecule has 10 heteroatoms. The SMILES string of the molecule is CC1CN(C(=O)c2ccccc2NS(=O)(=O)c2cccc(C(F)(F)F)c2)CCO1. The number of halogens is 3. The van der Waals surface area contributed by atoms with Gasteiger partial charge in [-0.25, -0.2) is 8.42 Å². The molecule has 0 spiro atoms. The number of carbonyl (C=O) groups is 1. The average Bonchev–Trinajstić information content (AvgIpc) is 2.67. The zero-order valence-electron chi connectivity index (χ0n) is 15.4. The van der Waals surface area contributed by atoms with Gasteiger partial charge < -0.3 is 9.64 Å². The van der Waals surface area contributed by atoms with Gasteiger partial charge in [-0.3, -0.25) is 9.52 Å². The van der Waals surface area contributed by atoms with Crippen LogP contribution in [-0.4, -0.2) is 45.0 Å². The molecule has 1 fully saturated rings. The van der Waals surface area contributed by atoms with Crippen LogP contribution in [0.3, 0.4) is 0 Å². The molecule has 1 heterocycles. The van der Waals surface area contributed by atoms with Gasteiger partial charge in [0, 0.05) is 13.1 Å². The standard InChI is InChI=1S/C19H19F3N2O4S/c1-13-12-24(9-10-28-13)18(25)16-7-2-3-8-17(16)23-29(26,27)15-6-4-5-14(11-15)19(20,21)22/h2-8,11,13,23H,9-10,12H2,1H3. The number of sulfonamides is 1. The first kappa shape index (κ1) is 21.1. The number of carbonyl (C=O) groups excluding carboxylic acids is 1. The van der Waals surface area contributed by atoms with Crippen molar-refractivity contribution in [1.29, 1.82) is 0 Å². The molecule has 1 amide bonds. The maximum atomic E-state index is 12.9. The van der Waals surface area contributed by atoms with Crippen molar-refractivity contribution in [2.75, 3.05) is 24.4 Å². The van der Waals surface area contributed by atoms with Gasteiger partial charge in [-0.05, 0) is 37.3 Å². The number of anilines is 1. The van der Waals surface area contributed by atoms with E-state index in [1.807, 2.05) is 6.92 Å². The summed E-state index contributed by atoms with van der Waals surface area (Å²) in [7, 11) is -4.34. The highest BCUT2D eigenvalue weighted by molar-refractivity contribution is 7.92. The Balaban J connectivity index is 1.90. The maximum Gasteiger partial charge on any atom is 0.416 e. The molecule has 0 aromatic heterocycles. The Morgan fingerprint density at radius 2 is 1.90 bits per heavy atom. The van der Waals surface area contributed by atoms with Crippen molar-refractivity contribution in [3.63, 3.8) is 0 Å². The van der Waals surface area contributed by atoms with Gasteiger partial charge in [0.2, 0.25) is 0 Å². The van der Waals surface area contributed by atoms with Crippen LogP contribution in [0.4, 0.5) is 18.9 Å². The van der Waals surface area contributed by atoms with Crippen LogP contribution in [0.15, 0.2) is 53.4 Å². The molecule has 29 heavy (non-hydrogen) atoms. The molecule has 2 aromatic rings. The van der Waals surface area contributed by atoms with E-state index in [0.717, 1.165) is 18.2 Å². The molecule has 0 bridgehead atoms. The summed E-state index contributed by atoms with van der Waals surface area (Å²) in [4.78, 5) is 13.9. The second-order valence-electron chi connectivity index (χ2n) is 6.61. The van der Waals surface area contributed by atoms with Gasteiger partial charge in [0.05, 0.1) is 34.4 Å². The van der Waals surface area contributed by atoms with E-state index in [4.69, 9.17) is 4.74 Å². The van der Waals surface area contributed by atoms with Crippen molar-refractivity contribution >= 4 is 21.6 Å². The van der Waals surface area contributed by atoms with E-state index in [0.29, 0.717) is 25.8 Å². The topological polar surface area (TPSA) is 75.7 Å². The molecule has 2 aromatic carbocycles. The third kappa shape index (κ3) is 4.88. The van der Waals surface area contributed by atoms with Crippen LogP contribution in [0.1, 0.15) is 22.8 Å². The molecule has 1 aliphatic heterocycles. The Bertz CT molecular complexity index is 1010. The lowest BCUT2D eigenvalue weighted by atomic mass is 10.1. The largest absolute Gasteiger partial charge is 0.416 e. The molecule has 156 valence electrons. The lowest BCUT2D eigenvalue weighted by Crippen LogP contribution is -2.44. The Morgan fingerprint density at radius 1 is 1.17 bits per heavy atom. The van der Waals surface area contributed by atoms with Crippen molar-refractivity contribution in [3.8, 4) is 0 Å². The Morgan fingerprint density at radius 3 is 2.59 bits per heavy atom. The summed E-state index contributed by atoms with van der Waals surface area (Å²) in [6, 6.07) is 9.39. The van der Waals surface area contributed by atoms with Gasteiger partial charge in [-0.1, -0.05) is 18.2 Å². The second kappa shape index (κ2) is 8.03. The number of ether oxygens (including phenoxy) is 1. The molecule has 3 rings (SSSR count). The number of rotatable bonds is 4. The van der Waals surface area contributed by atoms with Gasteiger partial charge in [0.1, 0.15) is 0 Å². The first-order valence-electron chi connectivity index (χ1n) is 8.78. The molecule has 0 saturated carbocycles. The highest BCUT2D eigenvalue weighted by Crippen LogP contribution is 2.31. The molecule has 1 unspecified atom stereocenters. The van der Waals surface area contributed by atoms with Crippen LogP contribution in [0, 0.1) is 0 Å². The number of para-hydroxylation sites is 1. The Kier molecular flexibility index (Phi) is 5.85. The Labute approximate surface area is 166 Å². The smallest absolute Gasteiger partial charge is 0.375 e. The van der Waals surface area contributed by atoms with Crippen LogP contribution in [0.25, 0.3) is 0 Å².